The second-order valence-electron chi connectivity index (χ2n) is 7.75. The third kappa shape index (κ3) is 2.07. The van der Waals surface area contributed by atoms with E-state index in [1.807, 2.05) is 0 Å². The molecule has 0 spiro atoms. The first-order valence-corrected chi connectivity index (χ1v) is 9.70. The first kappa shape index (κ1) is 15.6. The molecular formula is C23H25N3+2. The summed E-state index contributed by atoms with van der Waals surface area (Å²) in [4.78, 5) is 0. The summed E-state index contributed by atoms with van der Waals surface area (Å²) in [6, 6.07) is 19.5. The van der Waals surface area contributed by atoms with Gasteiger partial charge in [0.2, 0.25) is 0 Å². The van der Waals surface area contributed by atoms with Gasteiger partial charge in [-0.2, -0.15) is 0 Å². The molecule has 0 amide bonds. The molecule has 0 radical (unpaired) electrons. The highest BCUT2D eigenvalue weighted by molar-refractivity contribution is 6.11. The lowest BCUT2D eigenvalue weighted by Gasteiger charge is -2.12. The zero-order valence-electron chi connectivity index (χ0n) is 15.8. The molecule has 0 saturated heterocycles. The molecule has 2 aliphatic rings. The van der Waals surface area contributed by atoms with E-state index in [4.69, 9.17) is 0 Å². The van der Waals surface area contributed by atoms with Crippen molar-refractivity contribution in [2.75, 3.05) is 7.05 Å². The first-order valence-electron chi connectivity index (χ1n) is 9.70. The molecular weight excluding hydrogens is 318 g/mol. The molecule has 1 aromatic heterocycles. The Morgan fingerprint density at radius 1 is 0.923 bits per heavy atom. The third-order valence-corrected chi connectivity index (χ3v) is 5.80. The Morgan fingerprint density at radius 2 is 1.65 bits per heavy atom. The highest BCUT2D eigenvalue weighted by atomic mass is 15.2. The van der Waals surface area contributed by atoms with Crippen molar-refractivity contribution in [2.24, 2.45) is 0 Å². The van der Waals surface area contributed by atoms with Crippen LogP contribution in [0.4, 0.5) is 5.69 Å². The second-order valence-corrected chi connectivity index (χ2v) is 7.75. The van der Waals surface area contributed by atoms with Crippen LogP contribution < -0.4 is 0 Å². The fourth-order valence-electron chi connectivity index (χ4n) is 4.70. The van der Waals surface area contributed by atoms with Crippen LogP contribution in [0.15, 0.2) is 53.9 Å². The Hall–Kier alpha value is -2.64. The summed E-state index contributed by atoms with van der Waals surface area (Å²) in [5.74, 6) is 0. The molecule has 0 fully saturated rings. The van der Waals surface area contributed by atoms with Crippen molar-refractivity contribution in [3.05, 3.63) is 53.9 Å². The van der Waals surface area contributed by atoms with E-state index in [1.54, 1.807) is 0 Å². The average Bonchev–Trinajstić information content (AvgIpc) is 3.17. The highest BCUT2D eigenvalue weighted by Crippen LogP contribution is 2.40. The van der Waals surface area contributed by atoms with Gasteiger partial charge in [0.05, 0.1) is 0 Å². The largest absolute Gasteiger partial charge is 0.495 e. The lowest BCUT2D eigenvalue weighted by Crippen LogP contribution is -2.10. The molecule has 2 aromatic carbocycles. The van der Waals surface area contributed by atoms with Gasteiger partial charge < -0.3 is 4.57 Å². The lowest BCUT2D eigenvalue weighted by molar-refractivity contribution is -0.447. The van der Waals surface area contributed by atoms with Gasteiger partial charge in [-0.1, -0.05) is 39.5 Å². The number of hydrogen-bond acceptors (Lipinski definition) is 0. The summed E-state index contributed by atoms with van der Waals surface area (Å²) in [6.07, 6.45) is 4.87. The van der Waals surface area contributed by atoms with Gasteiger partial charge in [0, 0.05) is 41.2 Å². The Bertz CT molecular complexity index is 1150. The molecule has 0 N–H and O–H groups in total. The van der Waals surface area contributed by atoms with Crippen molar-refractivity contribution in [2.45, 2.75) is 45.6 Å². The van der Waals surface area contributed by atoms with Crippen LogP contribution in [0.5, 0.6) is 0 Å². The van der Waals surface area contributed by atoms with Crippen molar-refractivity contribution in [1.29, 1.82) is 0 Å². The number of fused-ring (bicyclic) bond motifs is 3. The molecule has 5 rings (SSSR count). The fraction of sp³-hybridized carbons (Fsp3) is 0.348. The molecule has 1 aliphatic carbocycles. The number of aromatic nitrogens is 1. The standard InChI is InChI=1S/C23H25N3/c1-16(2)26-19-11-5-4-9-17(19)18-10-8-14-22(23(18)26)25-15-24(3)20-12-6-7-13-21(20)25/h4-5,8-11,14,16H,6-7,12-13H2,1-3H3/q+2. The minimum Gasteiger partial charge on any atom is -0.332 e. The number of para-hydroxylation sites is 2. The van der Waals surface area contributed by atoms with E-state index in [0.29, 0.717) is 6.04 Å². The van der Waals surface area contributed by atoms with Crippen molar-refractivity contribution >= 4 is 33.5 Å². The smallest absolute Gasteiger partial charge is 0.332 e. The van der Waals surface area contributed by atoms with Crippen LogP contribution in [-0.4, -0.2) is 26.8 Å². The van der Waals surface area contributed by atoms with Gasteiger partial charge in [0.1, 0.15) is 5.52 Å². The molecule has 3 nitrogen and oxygen atoms in total. The van der Waals surface area contributed by atoms with E-state index < -0.39 is 0 Å². The maximum Gasteiger partial charge on any atom is 0.495 e. The molecule has 0 bridgehead atoms. The molecule has 2 heterocycles. The zero-order chi connectivity index (χ0) is 17.8. The predicted molar refractivity (Wildman–Crippen MR) is 106 cm³/mol. The Kier molecular flexibility index (Phi) is 3.41. The Balaban J connectivity index is 1.89. The quantitative estimate of drug-likeness (QED) is 0.534. The van der Waals surface area contributed by atoms with Crippen LogP contribution in [0.25, 0.3) is 21.8 Å². The zero-order valence-corrected chi connectivity index (χ0v) is 15.8. The minimum atomic E-state index is 0.402. The fourth-order valence-corrected chi connectivity index (χ4v) is 4.70. The van der Waals surface area contributed by atoms with Crippen molar-refractivity contribution in [3.63, 3.8) is 0 Å². The maximum atomic E-state index is 3.59. The van der Waals surface area contributed by atoms with Crippen LogP contribution in [-0.2, 0) is 0 Å². The molecule has 0 saturated carbocycles. The topological polar surface area (TPSA) is 10.9 Å². The number of nitrogens with zero attached hydrogens (tertiary/aromatic N) is 3. The molecule has 0 unspecified atom stereocenters. The van der Waals surface area contributed by atoms with Gasteiger partial charge in [-0.3, -0.25) is 0 Å². The third-order valence-electron chi connectivity index (χ3n) is 5.80. The van der Waals surface area contributed by atoms with E-state index in [1.165, 1.54) is 58.1 Å². The van der Waals surface area contributed by atoms with Crippen LogP contribution in [0.3, 0.4) is 0 Å². The molecule has 3 aromatic rings. The van der Waals surface area contributed by atoms with Crippen LogP contribution in [0.2, 0.25) is 0 Å². The van der Waals surface area contributed by atoms with E-state index in [2.05, 4.69) is 83.1 Å². The van der Waals surface area contributed by atoms with Gasteiger partial charge in [0.25, 0.3) is 17.1 Å². The van der Waals surface area contributed by atoms with Crippen LogP contribution in [0, 0.1) is 0 Å². The second kappa shape index (κ2) is 5.69. The summed E-state index contributed by atoms with van der Waals surface area (Å²) < 4.78 is 7.02. The lowest BCUT2D eigenvalue weighted by atomic mass is 10.0. The number of allylic oxidation sites excluding steroid dienone is 2. The van der Waals surface area contributed by atoms with Gasteiger partial charge >= 0.3 is 6.01 Å². The van der Waals surface area contributed by atoms with E-state index in [9.17, 15) is 0 Å². The summed E-state index contributed by atoms with van der Waals surface area (Å²) in [5.41, 5.74) is 6.78. The van der Waals surface area contributed by atoms with Gasteiger partial charge in [0.15, 0.2) is 7.05 Å². The van der Waals surface area contributed by atoms with Crippen molar-refractivity contribution < 1.29 is 9.15 Å². The van der Waals surface area contributed by atoms with Crippen LogP contribution in [0.1, 0.15) is 45.6 Å². The summed E-state index contributed by atoms with van der Waals surface area (Å²) in [5, 5.41) is 2.67. The summed E-state index contributed by atoms with van der Waals surface area (Å²) >= 11 is 0. The monoisotopic (exact) mass is 343 g/mol. The normalized spacial score (nSPS) is 17.2. The predicted octanol–water partition coefficient (Wildman–Crippen LogP) is 5.63. The molecule has 0 atom stereocenters. The van der Waals surface area contributed by atoms with Gasteiger partial charge in [-0.15, -0.1) is 0 Å². The van der Waals surface area contributed by atoms with Gasteiger partial charge in [-0.05, 0) is 32.8 Å². The molecule has 1 aliphatic heterocycles. The Morgan fingerprint density at radius 3 is 2.46 bits per heavy atom. The molecule has 130 valence electrons. The van der Waals surface area contributed by atoms with E-state index in [0.717, 1.165) is 6.42 Å². The van der Waals surface area contributed by atoms with Crippen molar-refractivity contribution in [3.8, 4) is 0 Å². The minimum absolute atomic E-state index is 0.402. The Labute approximate surface area is 154 Å². The average molecular weight is 343 g/mol. The number of hydrogen-bond donors (Lipinski definition) is 0. The maximum absolute atomic E-state index is 3.59. The SMILES string of the molecule is CC(C)n1c2ccccc2c2cccc([N+]3=C=[N+](C)C4=C3CCCC4)c21. The van der Waals surface area contributed by atoms with E-state index >= 15 is 0 Å². The molecule has 3 heteroatoms. The highest BCUT2D eigenvalue weighted by Gasteiger charge is 2.39. The van der Waals surface area contributed by atoms with Crippen LogP contribution >= 0.6 is 0 Å². The van der Waals surface area contributed by atoms with E-state index in [-0.39, 0.29) is 0 Å². The first-order chi connectivity index (χ1) is 12.7. The number of benzene rings is 2. The number of rotatable bonds is 2. The summed E-state index contributed by atoms with van der Waals surface area (Å²) in [6.45, 7) is 4.55. The van der Waals surface area contributed by atoms with Gasteiger partial charge in [-0.25, -0.2) is 0 Å². The van der Waals surface area contributed by atoms with Crippen molar-refractivity contribution in [1.82, 2.24) is 4.57 Å². The summed E-state index contributed by atoms with van der Waals surface area (Å²) in [7, 11) is 2.14. The molecule has 26 heavy (non-hydrogen) atoms.